The fourth-order valence-electron chi connectivity index (χ4n) is 1.65. The molecular formula is C13H20N2O. The van der Waals surface area contributed by atoms with E-state index in [-0.39, 0.29) is 5.91 Å². The summed E-state index contributed by atoms with van der Waals surface area (Å²) in [5.74, 6) is -0.225. The number of rotatable bonds is 7. The van der Waals surface area contributed by atoms with Crippen LogP contribution in [0.1, 0.15) is 25.3 Å². The summed E-state index contributed by atoms with van der Waals surface area (Å²) >= 11 is 0. The molecule has 1 amide bonds. The van der Waals surface area contributed by atoms with Crippen LogP contribution in [-0.2, 0) is 11.2 Å². The van der Waals surface area contributed by atoms with E-state index < -0.39 is 0 Å². The lowest BCUT2D eigenvalue weighted by molar-refractivity contribution is -0.118. The second-order valence-corrected chi connectivity index (χ2v) is 4.11. The number of nitrogens with one attached hydrogen (secondary N) is 1. The minimum atomic E-state index is -0.225. The first-order chi connectivity index (χ1) is 7.68. The Morgan fingerprint density at radius 3 is 2.69 bits per heavy atom. The van der Waals surface area contributed by atoms with Gasteiger partial charge in [-0.05, 0) is 31.9 Å². The van der Waals surface area contributed by atoms with Gasteiger partial charge in [-0.3, -0.25) is 4.79 Å². The van der Waals surface area contributed by atoms with Gasteiger partial charge in [-0.2, -0.15) is 0 Å². The third-order valence-electron chi connectivity index (χ3n) is 2.48. The second kappa shape index (κ2) is 7.01. The van der Waals surface area contributed by atoms with E-state index in [1.165, 1.54) is 5.56 Å². The van der Waals surface area contributed by atoms with Gasteiger partial charge in [-0.25, -0.2) is 0 Å². The maximum absolute atomic E-state index is 10.5. The van der Waals surface area contributed by atoms with E-state index in [1.807, 2.05) is 6.07 Å². The summed E-state index contributed by atoms with van der Waals surface area (Å²) in [5.41, 5.74) is 6.40. The molecule has 1 rings (SSSR count). The van der Waals surface area contributed by atoms with Crippen molar-refractivity contribution in [1.29, 1.82) is 0 Å². The Bertz CT molecular complexity index is 311. The molecule has 3 N–H and O–H groups in total. The zero-order valence-corrected chi connectivity index (χ0v) is 9.78. The first kappa shape index (κ1) is 12.7. The van der Waals surface area contributed by atoms with Gasteiger partial charge in [-0.1, -0.05) is 30.3 Å². The lowest BCUT2D eigenvalue weighted by Gasteiger charge is -2.13. The van der Waals surface area contributed by atoms with Gasteiger partial charge in [-0.15, -0.1) is 0 Å². The normalized spacial score (nSPS) is 12.3. The van der Waals surface area contributed by atoms with Crippen LogP contribution in [-0.4, -0.2) is 18.5 Å². The van der Waals surface area contributed by atoms with E-state index in [1.54, 1.807) is 0 Å². The van der Waals surface area contributed by atoms with Crippen LogP contribution < -0.4 is 11.1 Å². The van der Waals surface area contributed by atoms with E-state index in [0.717, 1.165) is 19.4 Å². The number of carbonyl (C=O) groups is 1. The minimum Gasteiger partial charge on any atom is -0.370 e. The maximum Gasteiger partial charge on any atom is 0.217 e. The average molecular weight is 220 g/mol. The number of amides is 1. The molecule has 0 bridgehead atoms. The summed E-state index contributed by atoms with van der Waals surface area (Å²) in [6.07, 6.45) is 2.29. The van der Waals surface area contributed by atoms with Crippen molar-refractivity contribution in [2.75, 3.05) is 6.54 Å². The maximum atomic E-state index is 10.5. The van der Waals surface area contributed by atoms with Crippen molar-refractivity contribution in [1.82, 2.24) is 5.32 Å². The highest BCUT2D eigenvalue weighted by Gasteiger charge is 2.02. The van der Waals surface area contributed by atoms with Crippen LogP contribution in [0.4, 0.5) is 0 Å². The fraction of sp³-hybridized carbons (Fsp3) is 0.462. The van der Waals surface area contributed by atoms with Crippen molar-refractivity contribution in [2.45, 2.75) is 32.2 Å². The lowest BCUT2D eigenvalue weighted by Crippen LogP contribution is -2.29. The highest BCUT2D eigenvalue weighted by molar-refractivity contribution is 5.73. The molecule has 88 valence electrons. The Labute approximate surface area is 97.0 Å². The summed E-state index contributed by atoms with van der Waals surface area (Å²) in [7, 11) is 0. The topological polar surface area (TPSA) is 55.1 Å². The van der Waals surface area contributed by atoms with Crippen LogP contribution in [0, 0.1) is 0 Å². The molecule has 0 aliphatic rings. The van der Waals surface area contributed by atoms with Gasteiger partial charge in [0.1, 0.15) is 0 Å². The lowest BCUT2D eigenvalue weighted by atomic mass is 10.1. The quantitative estimate of drug-likeness (QED) is 0.684. The predicted molar refractivity (Wildman–Crippen MR) is 66.0 cm³/mol. The van der Waals surface area contributed by atoms with Gasteiger partial charge in [0, 0.05) is 12.5 Å². The zero-order chi connectivity index (χ0) is 11.8. The molecule has 0 aliphatic heterocycles. The molecule has 1 atom stereocenters. The Balaban J connectivity index is 2.16. The van der Waals surface area contributed by atoms with Gasteiger partial charge >= 0.3 is 0 Å². The van der Waals surface area contributed by atoms with Gasteiger partial charge in [0.05, 0.1) is 0 Å². The highest BCUT2D eigenvalue weighted by Crippen LogP contribution is 2.02. The molecule has 3 heteroatoms. The summed E-state index contributed by atoms with van der Waals surface area (Å²) in [6.45, 7) is 2.99. The van der Waals surface area contributed by atoms with E-state index in [2.05, 4.69) is 36.5 Å². The molecule has 1 aromatic carbocycles. The first-order valence-electron chi connectivity index (χ1n) is 5.74. The van der Waals surface area contributed by atoms with Crippen molar-refractivity contribution in [3.05, 3.63) is 35.9 Å². The van der Waals surface area contributed by atoms with Crippen LogP contribution in [0.25, 0.3) is 0 Å². The fourth-order valence-corrected chi connectivity index (χ4v) is 1.65. The number of nitrogens with two attached hydrogens (primary N) is 1. The van der Waals surface area contributed by atoms with Crippen molar-refractivity contribution in [3.8, 4) is 0 Å². The van der Waals surface area contributed by atoms with Crippen molar-refractivity contribution < 1.29 is 4.79 Å². The molecule has 3 nitrogen and oxygen atoms in total. The number of carbonyl (C=O) groups excluding carboxylic acids is 1. The Kier molecular flexibility index (Phi) is 5.57. The van der Waals surface area contributed by atoms with Crippen molar-refractivity contribution >= 4 is 5.91 Å². The molecule has 0 spiro atoms. The minimum absolute atomic E-state index is 0.225. The smallest absolute Gasteiger partial charge is 0.217 e. The molecule has 1 aromatic rings. The van der Waals surface area contributed by atoms with E-state index in [9.17, 15) is 4.79 Å². The number of primary amides is 1. The molecule has 16 heavy (non-hydrogen) atoms. The van der Waals surface area contributed by atoms with Crippen LogP contribution in [0.15, 0.2) is 30.3 Å². The molecule has 0 aromatic heterocycles. The summed E-state index contributed by atoms with van der Waals surface area (Å²) in [5, 5.41) is 3.38. The molecule has 0 fully saturated rings. The molecule has 0 heterocycles. The SMILES string of the molecule is CC(Cc1ccccc1)NCCCC(N)=O. The monoisotopic (exact) mass is 220 g/mol. The average Bonchev–Trinajstić information content (AvgIpc) is 2.25. The number of hydrogen-bond donors (Lipinski definition) is 2. The molecule has 1 unspecified atom stereocenters. The number of hydrogen-bond acceptors (Lipinski definition) is 2. The predicted octanol–water partition coefficient (Wildman–Crippen LogP) is 1.47. The molecule has 0 aliphatic carbocycles. The van der Waals surface area contributed by atoms with Crippen molar-refractivity contribution in [3.63, 3.8) is 0 Å². The van der Waals surface area contributed by atoms with Crippen LogP contribution in [0.3, 0.4) is 0 Å². The molecule has 0 radical (unpaired) electrons. The summed E-state index contributed by atoms with van der Waals surface area (Å²) in [6, 6.07) is 10.8. The summed E-state index contributed by atoms with van der Waals surface area (Å²) in [4.78, 5) is 10.5. The van der Waals surface area contributed by atoms with Crippen LogP contribution in [0.5, 0.6) is 0 Å². The Hall–Kier alpha value is -1.35. The van der Waals surface area contributed by atoms with Gasteiger partial charge in [0.15, 0.2) is 0 Å². The Morgan fingerprint density at radius 1 is 1.38 bits per heavy atom. The van der Waals surface area contributed by atoms with Crippen LogP contribution >= 0.6 is 0 Å². The van der Waals surface area contributed by atoms with Gasteiger partial charge in [0.2, 0.25) is 5.91 Å². The third kappa shape index (κ3) is 5.51. The third-order valence-corrected chi connectivity index (χ3v) is 2.48. The second-order valence-electron chi connectivity index (χ2n) is 4.11. The molecule has 0 saturated heterocycles. The molecular weight excluding hydrogens is 200 g/mol. The largest absolute Gasteiger partial charge is 0.370 e. The summed E-state index contributed by atoms with van der Waals surface area (Å²) < 4.78 is 0. The van der Waals surface area contributed by atoms with Gasteiger partial charge in [0.25, 0.3) is 0 Å². The van der Waals surface area contributed by atoms with Crippen LogP contribution in [0.2, 0.25) is 0 Å². The van der Waals surface area contributed by atoms with Crippen molar-refractivity contribution in [2.24, 2.45) is 5.73 Å². The van der Waals surface area contributed by atoms with E-state index in [4.69, 9.17) is 5.73 Å². The highest BCUT2D eigenvalue weighted by atomic mass is 16.1. The standard InChI is InChI=1S/C13H20N2O/c1-11(15-9-5-8-13(14)16)10-12-6-3-2-4-7-12/h2-4,6-7,11,15H,5,8-10H2,1H3,(H2,14,16). The zero-order valence-electron chi connectivity index (χ0n) is 9.78. The molecule has 0 saturated carbocycles. The number of benzene rings is 1. The van der Waals surface area contributed by atoms with E-state index in [0.29, 0.717) is 12.5 Å². The Morgan fingerprint density at radius 2 is 2.06 bits per heavy atom. The first-order valence-corrected chi connectivity index (χ1v) is 5.74. The van der Waals surface area contributed by atoms with E-state index >= 15 is 0 Å². The van der Waals surface area contributed by atoms with Gasteiger partial charge < -0.3 is 11.1 Å².